The summed E-state index contributed by atoms with van der Waals surface area (Å²) in [6.07, 6.45) is 0.129. The Morgan fingerprint density at radius 1 is 0.857 bits per heavy atom. The Balaban J connectivity index is 1.77. The van der Waals surface area contributed by atoms with Crippen LogP contribution in [0.4, 0.5) is 5.69 Å². The molecule has 0 radical (unpaired) electrons. The van der Waals surface area contributed by atoms with Crippen LogP contribution in [0.1, 0.15) is 36.6 Å². The van der Waals surface area contributed by atoms with Gasteiger partial charge >= 0.3 is 0 Å². The number of thiocarbonyl (C=S) groups is 1. The molecule has 0 saturated heterocycles. The number of rotatable bonds is 6. The molecule has 0 aliphatic heterocycles. The SMILES string of the molecule is Cc1ccc([C@H](NC(=S)Nc2cccc(OC(C)C)c2)c2ccccc2)cc1. The maximum atomic E-state index is 5.76. The molecule has 0 heterocycles. The molecule has 0 spiro atoms. The van der Waals surface area contributed by atoms with Gasteiger partial charge in [0.05, 0.1) is 12.1 Å². The van der Waals surface area contributed by atoms with Gasteiger partial charge in [-0.2, -0.15) is 0 Å². The Bertz CT molecular complexity index is 907. The summed E-state index contributed by atoms with van der Waals surface area (Å²) in [5.74, 6) is 0.820. The third kappa shape index (κ3) is 5.57. The van der Waals surface area contributed by atoms with Crippen LogP contribution in [-0.2, 0) is 0 Å². The van der Waals surface area contributed by atoms with Crippen LogP contribution in [0.3, 0.4) is 0 Å². The van der Waals surface area contributed by atoms with Crippen molar-refractivity contribution >= 4 is 23.0 Å². The minimum Gasteiger partial charge on any atom is -0.491 e. The molecule has 0 bridgehead atoms. The summed E-state index contributed by atoms with van der Waals surface area (Å²) in [4.78, 5) is 0. The fourth-order valence-corrected chi connectivity index (χ4v) is 3.22. The van der Waals surface area contributed by atoms with Crippen LogP contribution in [0.25, 0.3) is 0 Å². The van der Waals surface area contributed by atoms with Gasteiger partial charge < -0.3 is 15.4 Å². The first kappa shape index (κ1) is 19.9. The zero-order valence-electron chi connectivity index (χ0n) is 16.5. The fraction of sp³-hybridized carbons (Fsp3) is 0.208. The highest BCUT2D eigenvalue weighted by Crippen LogP contribution is 2.23. The predicted octanol–water partition coefficient (Wildman–Crippen LogP) is 5.86. The summed E-state index contributed by atoms with van der Waals surface area (Å²) in [5.41, 5.74) is 4.45. The molecule has 0 aromatic heterocycles. The standard InChI is InChI=1S/C24H26N2OS/c1-17(2)27-22-11-7-10-21(16-22)25-24(28)26-23(19-8-5-4-6-9-19)20-14-12-18(3)13-15-20/h4-17,23H,1-3H3,(H2,25,26,28)/t23-/m1/s1. The van der Waals surface area contributed by atoms with E-state index in [4.69, 9.17) is 17.0 Å². The van der Waals surface area contributed by atoms with E-state index in [1.54, 1.807) is 0 Å². The van der Waals surface area contributed by atoms with Crippen LogP contribution < -0.4 is 15.4 Å². The quantitative estimate of drug-likeness (QED) is 0.517. The Hall–Kier alpha value is -2.85. The van der Waals surface area contributed by atoms with E-state index in [0.717, 1.165) is 22.6 Å². The Kier molecular flexibility index (Phi) is 6.66. The molecule has 0 unspecified atom stereocenters. The Morgan fingerprint density at radius 3 is 2.21 bits per heavy atom. The monoisotopic (exact) mass is 390 g/mol. The molecule has 0 aliphatic rings. The van der Waals surface area contributed by atoms with Crippen LogP contribution in [0.15, 0.2) is 78.9 Å². The van der Waals surface area contributed by atoms with E-state index in [2.05, 4.69) is 54.0 Å². The summed E-state index contributed by atoms with van der Waals surface area (Å²) in [6.45, 7) is 6.11. The number of anilines is 1. The molecule has 3 nitrogen and oxygen atoms in total. The molecular formula is C24H26N2OS. The van der Waals surface area contributed by atoms with Gasteiger partial charge in [0, 0.05) is 11.8 Å². The molecule has 144 valence electrons. The summed E-state index contributed by atoms with van der Waals surface area (Å²) in [5, 5.41) is 7.30. The van der Waals surface area contributed by atoms with Gasteiger partial charge in [0.1, 0.15) is 5.75 Å². The van der Waals surface area contributed by atoms with E-state index in [1.807, 2.05) is 56.3 Å². The zero-order chi connectivity index (χ0) is 19.9. The highest BCUT2D eigenvalue weighted by Gasteiger charge is 2.15. The fourth-order valence-electron chi connectivity index (χ4n) is 2.98. The molecular weight excluding hydrogens is 364 g/mol. The topological polar surface area (TPSA) is 33.3 Å². The maximum Gasteiger partial charge on any atom is 0.171 e. The Morgan fingerprint density at radius 2 is 1.54 bits per heavy atom. The maximum absolute atomic E-state index is 5.76. The lowest BCUT2D eigenvalue weighted by Gasteiger charge is -2.22. The van der Waals surface area contributed by atoms with Crippen molar-refractivity contribution in [2.24, 2.45) is 0 Å². The number of hydrogen-bond donors (Lipinski definition) is 2. The van der Waals surface area contributed by atoms with Crippen molar-refractivity contribution in [1.82, 2.24) is 5.32 Å². The lowest BCUT2D eigenvalue weighted by molar-refractivity contribution is 0.242. The summed E-state index contributed by atoms with van der Waals surface area (Å²) >= 11 is 5.61. The molecule has 0 amide bonds. The number of aryl methyl sites for hydroxylation is 1. The normalized spacial score (nSPS) is 11.7. The largest absolute Gasteiger partial charge is 0.491 e. The van der Waals surface area contributed by atoms with Gasteiger partial charge in [-0.3, -0.25) is 0 Å². The predicted molar refractivity (Wildman–Crippen MR) is 121 cm³/mol. The van der Waals surface area contributed by atoms with Crippen molar-refractivity contribution in [2.75, 3.05) is 5.32 Å². The van der Waals surface area contributed by atoms with Gasteiger partial charge in [-0.1, -0.05) is 66.2 Å². The molecule has 0 fully saturated rings. The van der Waals surface area contributed by atoms with Crippen molar-refractivity contribution in [3.05, 3.63) is 95.6 Å². The van der Waals surface area contributed by atoms with Crippen molar-refractivity contribution < 1.29 is 4.74 Å². The van der Waals surface area contributed by atoms with Crippen molar-refractivity contribution in [1.29, 1.82) is 0 Å². The van der Waals surface area contributed by atoms with Crippen LogP contribution in [0, 0.1) is 6.92 Å². The molecule has 0 aliphatic carbocycles. The van der Waals surface area contributed by atoms with Gasteiger partial charge in [0.2, 0.25) is 0 Å². The summed E-state index contributed by atoms with van der Waals surface area (Å²) in [7, 11) is 0. The van der Waals surface area contributed by atoms with Crippen LogP contribution in [-0.4, -0.2) is 11.2 Å². The van der Waals surface area contributed by atoms with Crippen molar-refractivity contribution in [3.8, 4) is 5.75 Å². The molecule has 3 aromatic carbocycles. The van der Waals surface area contributed by atoms with Crippen LogP contribution in [0.5, 0.6) is 5.75 Å². The van der Waals surface area contributed by atoms with Gasteiger partial charge in [0.15, 0.2) is 5.11 Å². The van der Waals surface area contributed by atoms with Gasteiger partial charge in [-0.15, -0.1) is 0 Å². The molecule has 2 N–H and O–H groups in total. The third-order valence-electron chi connectivity index (χ3n) is 4.28. The summed E-state index contributed by atoms with van der Waals surface area (Å²) in [6, 6.07) is 26.6. The molecule has 0 saturated carbocycles. The highest BCUT2D eigenvalue weighted by molar-refractivity contribution is 7.80. The molecule has 3 rings (SSSR count). The first-order chi connectivity index (χ1) is 13.5. The van der Waals surface area contributed by atoms with Crippen molar-refractivity contribution in [3.63, 3.8) is 0 Å². The van der Waals surface area contributed by atoms with Crippen molar-refractivity contribution in [2.45, 2.75) is 32.9 Å². The molecule has 4 heteroatoms. The number of benzene rings is 3. The van der Waals surface area contributed by atoms with E-state index < -0.39 is 0 Å². The smallest absolute Gasteiger partial charge is 0.171 e. The lowest BCUT2D eigenvalue weighted by atomic mass is 9.98. The molecule has 28 heavy (non-hydrogen) atoms. The van der Waals surface area contributed by atoms with E-state index >= 15 is 0 Å². The highest BCUT2D eigenvalue weighted by atomic mass is 32.1. The van der Waals surface area contributed by atoms with Gasteiger partial charge in [-0.25, -0.2) is 0 Å². The number of nitrogens with one attached hydrogen (secondary N) is 2. The van der Waals surface area contributed by atoms with Crippen LogP contribution >= 0.6 is 12.2 Å². The first-order valence-electron chi connectivity index (χ1n) is 9.47. The minimum atomic E-state index is -0.0307. The van der Waals surface area contributed by atoms with Crippen LogP contribution in [0.2, 0.25) is 0 Å². The van der Waals surface area contributed by atoms with E-state index in [0.29, 0.717) is 5.11 Å². The van der Waals surface area contributed by atoms with Gasteiger partial charge in [-0.05, 0) is 56.2 Å². The first-order valence-corrected chi connectivity index (χ1v) is 9.88. The zero-order valence-corrected chi connectivity index (χ0v) is 17.3. The van der Waals surface area contributed by atoms with Gasteiger partial charge in [0.25, 0.3) is 0 Å². The van der Waals surface area contributed by atoms with E-state index in [-0.39, 0.29) is 12.1 Å². The molecule has 3 aromatic rings. The van der Waals surface area contributed by atoms with E-state index in [1.165, 1.54) is 5.56 Å². The third-order valence-corrected chi connectivity index (χ3v) is 4.50. The number of ether oxygens (including phenoxy) is 1. The van der Waals surface area contributed by atoms with E-state index in [9.17, 15) is 0 Å². The summed E-state index contributed by atoms with van der Waals surface area (Å²) < 4.78 is 5.76. The average Bonchev–Trinajstić information content (AvgIpc) is 2.67. The average molecular weight is 391 g/mol. The second-order valence-electron chi connectivity index (χ2n) is 7.05. The number of hydrogen-bond acceptors (Lipinski definition) is 2. The Labute approximate surface area is 172 Å². The lowest BCUT2D eigenvalue weighted by Crippen LogP contribution is -2.33. The second kappa shape index (κ2) is 9.38. The second-order valence-corrected chi connectivity index (χ2v) is 7.46. The molecule has 1 atom stereocenters. The minimum absolute atomic E-state index is 0.0307.